The van der Waals surface area contributed by atoms with Crippen LogP contribution in [0.2, 0.25) is 0 Å². The topological polar surface area (TPSA) is 67.4 Å². The second kappa shape index (κ2) is 9.15. The molecule has 0 aliphatic heterocycles. The fourth-order valence-electron chi connectivity index (χ4n) is 1.68. The number of thiocarbonyl (C=S) groups is 1. The predicted octanol–water partition coefficient (Wildman–Crippen LogP) is 3.11. The molecule has 0 heterocycles. The van der Waals surface area contributed by atoms with E-state index in [-0.39, 0.29) is 22.9 Å². The number of esters is 1. The van der Waals surface area contributed by atoms with Crippen molar-refractivity contribution in [3.63, 3.8) is 0 Å². The van der Waals surface area contributed by atoms with E-state index < -0.39 is 0 Å². The van der Waals surface area contributed by atoms with Gasteiger partial charge in [0.1, 0.15) is 0 Å². The summed E-state index contributed by atoms with van der Waals surface area (Å²) in [4.78, 5) is 23.3. The first-order valence-electron chi connectivity index (χ1n) is 7.30. The highest BCUT2D eigenvalue weighted by Crippen LogP contribution is 2.11. The van der Waals surface area contributed by atoms with Gasteiger partial charge in [0.25, 0.3) is 0 Å². The molecular weight excluding hydrogens is 300 g/mol. The number of hydrogen-bond donors (Lipinski definition) is 2. The Morgan fingerprint density at radius 1 is 1.23 bits per heavy atom. The molecule has 0 aliphatic carbocycles. The van der Waals surface area contributed by atoms with Crippen LogP contribution in [0.5, 0.6) is 0 Å². The summed E-state index contributed by atoms with van der Waals surface area (Å²) >= 11 is 5.07. The lowest BCUT2D eigenvalue weighted by atomic mass is 10.1. The largest absolute Gasteiger partial charge is 0.462 e. The van der Waals surface area contributed by atoms with Gasteiger partial charge in [-0.15, -0.1) is 0 Å². The number of benzene rings is 1. The van der Waals surface area contributed by atoms with Crippen LogP contribution in [-0.2, 0) is 9.53 Å². The maximum atomic E-state index is 11.7. The van der Waals surface area contributed by atoms with Crippen molar-refractivity contribution in [3.05, 3.63) is 29.8 Å². The number of amides is 1. The van der Waals surface area contributed by atoms with Crippen LogP contribution in [0, 0.1) is 5.92 Å². The number of carbonyl (C=O) groups is 2. The van der Waals surface area contributed by atoms with E-state index in [0.717, 1.165) is 6.42 Å². The van der Waals surface area contributed by atoms with Gasteiger partial charge in [0.15, 0.2) is 5.11 Å². The van der Waals surface area contributed by atoms with Gasteiger partial charge in [0, 0.05) is 12.1 Å². The lowest BCUT2D eigenvalue weighted by Crippen LogP contribution is -2.34. The standard InChI is InChI=1S/C16H22N2O3S/c1-4-9-21-15(20)12-5-7-13(8-6-12)17-16(22)18-14(19)10-11(2)3/h5-8,11H,4,9-10H2,1-3H3,(H2,17,18,19,22). The van der Waals surface area contributed by atoms with Gasteiger partial charge >= 0.3 is 5.97 Å². The third kappa shape index (κ3) is 6.67. The molecule has 22 heavy (non-hydrogen) atoms. The lowest BCUT2D eigenvalue weighted by Gasteiger charge is -2.11. The first kappa shape index (κ1) is 18.1. The SMILES string of the molecule is CCCOC(=O)c1ccc(NC(=S)NC(=O)CC(C)C)cc1. The van der Waals surface area contributed by atoms with Crippen molar-refractivity contribution in [1.82, 2.24) is 5.32 Å². The van der Waals surface area contributed by atoms with Crippen LogP contribution in [0.1, 0.15) is 44.0 Å². The molecule has 0 saturated carbocycles. The summed E-state index contributed by atoms with van der Waals surface area (Å²) in [6.45, 7) is 6.28. The van der Waals surface area contributed by atoms with Gasteiger partial charge in [-0.05, 0) is 48.8 Å². The third-order valence-corrected chi connectivity index (χ3v) is 2.87. The van der Waals surface area contributed by atoms with E-state index in [1.165, 1.54) is 0 Å². The highest BCUT2D eigenvalue weighted by atomic mass is 32.1. The van der Waals surface area contributed by atoms with Crippen molar-refractivity contribution in [2.24, 2.45) is 5.92 Å². The maximum absolute atomic E-state index is 11.7. The van der Waals surface area contributed by atoms with Gasteiger partial charge in [-0.25, -0.2) is 4.79 Å². The van der Waals surface area contributed by atoms with E-state index in [1.54, 1.807) is 24.3 Å². The van der Waals surface area contributed by atoms with E-state index in [2.05, 4.69) is 10.6 Å². The molecule has 2 N–H and O–H groups in total. The molecule has 6 heteroatoms. The van der Waals surface area contributed by atoms with Gasteiger partial charge in [0.2, 0.25) is 5.91 Å². The monoisotopic (exact) mass is 322 g/mol. The number of hydrogen-bond acceptors (Lipinski definition) is 4. The summed E-state index contributed by atoms with van der Waals surface area (Å²) < 4.78 is 5.05. The average Bonchev–Trinajstić information content (AvgIpc) is 2.44. The Hall–Kier alpha value is -1.95. The third-order valence-electron chi connectivity index (χ3n) is 2.66. The van der Waals surface area contributed by atoms with Gasteiger partial charge < -0.3 is 15.4 Å². The average molecular weight is 322 g/mol. The summed E-state index contributed by atoms with van der Waals surface area (Å²) in [7, 11) is 0. The van der Waals surface area contributed by atoms with Gasteiger partial charge in [-0.1, -0.05) is 20.8 Å². The number of nitrogens with one attached hydrogen (secondary N) is 2. The Balaban J connectivity index is 2.51. The number of anilines is 1. The van der Waals surface area contributed by atoms with E-state index in [4.69, 9.17) is 17.0 Å². The molecule has 1 rings (SSSR count). The second-order valence-corrected chi connectivity index (χ2v) is 5.72. The molecule has 5 nitrogen and oxygen atoms in total. The van der Waals surface area contributed by atoms with Crippen LogP contribution >= 0.6 is 12.2 Å². The Morgan fingerprint density at radius 3 is 2.41 bits per heavy atom. The highest BCUT2D eigenvalue weighted by Gasteiger charge is 2.09. The van der Waals surface area contributed by atoms with E-state index >= 15 is 0 Å². The summed E-state index contributed by atoms with van der Waals surface area (Å²) in [5, 5.41) is 5.76. The summed E-state index contributed by atoms with van der Waals surface area (Å²) in [6.07, 6.45) is 1.21. The number of carbonyl (C=O) groups excluding carboxylic acids is 2. The van der Waals surface area contributed by atoms with Gasteiger partial charge in [-0.2, -0.15) is 0 Å². The fraction of sp³-hybridized carbons (Fsp3) is 0.438. The van der Waals surface area contributed by atoms with Crippen molar-refractivity contribution >= 4 is 34.9 Å². The molecule has 0 aromatic heterocycles. The van der Waals surface area contributed by atoms with Crippen molar-refractivity contribution in [2.75, 3.05) is 11.9 Å². The van der Waals surface area contributed by atoms with Crippen LogP contribution in [0.4, 0.5) is 5.69 Å². The van der Waals surface area contributed by atoms with Gasteiger partial charge in [0.05, 0.1) is 12.2 Å². The first-order chi connectivity index (χ1) is 10.4. The maximum Gasteiger partial charge on any atom is 0.338 e. The molecule has 1 aromatic carbocycles. The fourth-order valence-corrected chi connectivity index (χ4v) is 1.91. The zero-order valence-corrected chi connectivity index (χ0v) is 14.0. The molecule has 0 bridgehead atoms. The molecule has 1 amide bonds. The van der Waals surface area contributed by atoms with Crippen LogP contribution < -0.4 is 10.6 Å². The first-order valence-corrected chi connectivity index (χ1v) is 7.71. The van der Waals surface area contributed by atoms with Crippen molar-refractivity contribution in [2.45, 2.75) is 33.6 Å². The predicted molar refractivity (Wildman–Crippen MR) is 90.8 cm³/mol. The molecule has 0 saturated heterocycles. The van der Waals surface area contributed by atoms with E-state index in [1.807, 2.05) is 20.8 Å². The number of ether oxygens (including phenoxy) is 1. The van der Waals surface area contributed by atoms with Crippen LogP contribution in [0.3, 0.4) is 0 Å². The lowest BCUT2D eigenvalue weighted by molar-refractivity contribution is -0.120. The van der Waals surface area contributed by atoms with E-state index in [0.29, 0.717) is 24.3 Å². The quantitative estimate of drug-likeness (QED) is 0.622. The zero-order valence-electron chi connectivity index (χ0n) is 13.1. The Morgan fingerprint density at radius 2 is 1.86 bits per heavy atom. The minimum Gasteiger partial charge on any atom is -0.462 e. The Bertz CT molecular complexity index is 527. The van der Waals surface area contributed by atoms with Crippen molar-refractivity contribution in [3.8, 4) is 0 Å². The van der Waals surface area contributed by atoms with Gasteiger partial charge in [-0.3, -0.25) is 4.79 Å². The van der Waals surface area contributed by atoms with Crippen molar-refractivity contribution in [1.29, 1.82) is 0 Å². The smallest absolute Gasteiger partial charge is 0.338 e. The molecule has 0 fully saturated rings. The molecular formula is C16H22N2O3S. The molecule has 1 aromatic rings. The highest BCUT2D eigenvalue weighted by molar-refractivity contribution is 7.80. The van der Waals surface area contributed by atoms with Crippen LogP contribution in [0.15, 0.2) is 24.3 Å². The molecule has 0 unspecified atom stereocenters. The second-order valence-electron chi connectivity index (χ2n) is 5.31. The molecule has 0 spiro atoms. The Labute approximate surface area is 136 Å². The Kier molecular flexibility index (Phi) is 7.52. The van der Waals surface area contributed by atoms with Crippen molar-refractivity contribution < 1.29 is 14.3 Å². The molecule has 0 radical (unpaired) electrons. The molecule has 0 atom stereocenters. The minimum atomic E-state index is -0.346. The van der Waals surface area contributed by atoms with E-state index in [9.17, 15) is 9.59 Å². The summed E-state index contributed by atoms with van der Waals surface area (Å²) in [5.41, 5.74) is 1.18. The minimum absolute atomic E-state index is 0.118. The molecule has 0 aliphatic rings. The van der Waals surface area contributed by atoms with Crippen LogP contribution in [0.25, 0.3) is 0 Å². The zero-order chi connectivity index (χ0) is 16.5. The summed E-state index contributed by atoms with van der Waals surface area (Å²) in [5.74, 6) is -0.190. The normalized spacial score (nSPS) is 10.2. The number of rotatable bonds is 6. The van der Waals surface area contributed by atoms with Crippen LogP contribution in [-0.4, -0.2) is 23.6 Å². The summed E-state index contributed by atoms with van der Waals surface area (Å²) in [6, 6.07) is 6.73. The molecule has 120 valence electrons.